The first-order valence-corrected chi connectivity index (χ1v) is 12.3. The predicted octanol–water partition coefficient (Wildman–Crippen LogP) is 4.21. The zero-order valence-corrected chi connectivity index (χ0v) is 16.5. The highest BCUT2D eigenvalue weighted by atomic mass is 28.3. The van der Waals surface area contributed by atoms with E-state index in [1.807, 2.05) is 0 Å². The van der Waals surface area contributed by atoms with Gasteiger partial charge in [-0.15, -0.1) is 0 Å². The van der Waals surface area contributed by atoms with Gasteiger partial charge in [0.25, 0.3) is 0 Å². The lowest BCUT2D eigenvalue weighted by Gasteiger charge is -2.39. The summed E-state index contributed by atoms with van der Waals surface area (Å²) in [6.45, 7) is 13.7. The predicted molar refractivity (Wildman–Crippen MR) is 98.9 cm³/mol. The third kappa shape index (κ3) is 3.28. The lowest BCUT2D eigenvalue weighted by atomic mass is 10.1. The van der Waals surface area contributed by atoms with Crippen LogP contribution in [0.1, 0.15) is 34.1 Å². The van der Waals surface area contributed by atoms with Crippen LogP contribution < -0.4 is 5.19 Å². The van der Waals surface area contributed by atoms with Gasteiger partial charge in [0.05, 0.1) is 32.5 Å². The minimum atomic E-state index is -1.60. The molecule has 0 unspecified atom stereocenters. The number of ether oxygens (including phenoxy) is 2. The maximum absolute atomic E-state index is 6.46. The molecule has 0 bridgehead atoms. The van der Waals surface area contributed by atoms with Gasteiger partial charge in [-0.1, -0.05) is 48.6 Å². The molecule has 2 fully saturated rings. The Labute approximate surface area is 142 Å². The molecule has 0 N–H and O–H groups in total. The lowest BCUT2D eigenvalue weighted by molar-refractivity contribution is -0.106. The molecule has 3 rings (SSSR count). The third-order valence-electron chi connectivity index (χ3n) is 5.66. The molecular weight excluding hydrogens is 300 g/mol. The van der Waals surface area contributed by atoms with Crippen molar-refractivity contribution in [2.75, 3.05) is 0 Å². The molecule has 1 aromatic rings. The summed E-state index contributed by atoms with van der Waals surface area (Å²) < 4.78 is 12.8. The van der Waals surface area contributed by atoms with Crippen LogP contribution in [0.25, 0.3) is 0 Å². The van der Waals surface area contributed by atoms with Crippen molar-refractivity contribution >= 4 is 13.3 Å². The van der Waals surface area contributed by atoms with Crippen molar-refractivity contribution < 1.29 is 9.47 Å². The first-order chi connectivity index (χ1) is 10.8. The van der Waals surface area contributed by atoms with Gasteiger partial charge >= 0.3 is 0 Å². The van der Waals surface area contributed by atoms with Crippen molar-refractivity contribution in [1.29, 1.82) is 0 Å². The molecule has 0 aromatic heterocycles. The fourth-order valence-corrected chi connectivity index (χ4v) is 8.67. The van der Waals surface area contributed by atoms with Gasteiger partial charge in [-0.05, 0) is 51.5 Å². The summed E-state index contributed by atoms with van der Waals surface area (Å²) in [5, 5.41) is 1.55. The number of hydrogen-bond acceptors (Lipinski definition) is 2. The molecule has 1 aromatic carbocycles. The molecule has 3 heteroatoms. The van der Waals surface area contributed by atoms with Crippen LogP contribution in [-0.2, 0) is 9.47 Å². The Kier molecular flexibility index (Phi) is 4.74. The fraction of sp³-hybridized carbons (Fsp3) is 0.700. The van der Waals surface area contributed by atoms with E-state index in [2.05, 4.69) is 71.1 Å². The van der Waals surface area contributed by atoms with Gasteiger partial charge in [-0.3, -0.25) is 0 Å². The number of hydrogen-bond donors (Lipinski definition) is 0. The third-order valence-corrected chi connectivity index (χ3v) is 9.91. The molecule has 2 aliphatic carbocycles. The van der Waals surface area contributed by atoms with E-state index in [0.717, 1.165) is 11.8 Å². The van der Waals surface area contributed by atoms with Crippen LogP contribution in [0, 0.1) is 11.8 Å². The second kappa shape index (κ2) is 6.34. The molecule has 2 nitrogen and oxygen atoms in total. The maximum Gasteiger partial charge on any atom is 0.0871 e. The summed E-state index contributed by atoms with van der Waals surface area (Å²) in [5.41, 5.74) is 0.668. The minimum absolute atomic E-state index is 0.263. The van der Waals surface area contributed by atoms with E-state index in [1.165, 1.54) is 6.42 Å². The minimum Gasteiger partial charge on any atom is -0.373 e. The highest BCUT2D eigenvalue weighted by Crippen LogP contribution is 2.63. The Balaban J connectivity index is 1.90. The summed E-state index contributed by atoms with van der Waals surface area (Å²) >= 11 is 0. The van der Waals surface area contributed by atoms with E-state index >= 15 is 0 Å². The van der Waals surface area contributed by atoms with Crippen molar-refractivity contribution in [1.82, 2.24) is 0 Å². The summed E-state index contributed by atoms with van der Waals surface area (Å²) in [5.74, 6) is 1.53. The molecule has 128 valence electrons. The first kappa shape index (κ1) is 17.2. The monoisotopic (exact) mass is 332 g/mol. The highest BCUT2D eigenvalue weighted by Gasteiger charge is 2.65. The van der Waals surface area contributed by atoms with Crippen LogP contribution in [0.2, 0.25) is 18.6 Å². The summed E-state index contributed by atoms with van der Waals surface area (Å²) in [7, 11) is -1.60. The van der Waals surface area contributed by atoms with Crippen molar-refractivity contribution in [3.63, 3.8) is 0 Å². The Morgan fingerprint density at radius 2 is 1.43 bits per heavy atom. The summed E-state index contributed by atoms with van der Waals surface area (Å²) in [6.07, 6.45) is 2.44. The van der Waals surface area contributed by atoms with Crippen LogP contribution >= 0.6 is 0 Å². The fourth-order valence-electron chi connectivity index (χ4n) is 4.69. The average Bonchev–Trinajstić information content (AvgIpc) is 3.18. The van der Waals surface area contributed by atoms with Gasteiger partial charge in [0, 0.05) is 0 Å². The second-order valence-corrected chi connectivity index (χ2v) is 13.2. The lowest BCUT2D eigenvalue weighted by Crippen LogP contribution is -2.52. The van der Waals surface area contributed by atoms with Gasteiger partial charge in [-0.2, -0.15) is 0 Å². The Hall–Kier alpha value is -0.643. The van der Waals surface area contributed by atoms with Crippen molar-refractivity contribution in [3.05, 3.63) is 30.3 Å². The van der Waals surface area contributed by atoms with Gasteiger partial charge in [0.15, 0.2) is 0 Å². The number of benzene rings is 1. The van der Waals surface area contributed by atoms with Crippen LogP contribution in [-0.4, -0.2) is 32.5 Å². The molecule has 0 aliphatic heterocycles. The van der Waals surface area contributed by atoms with E-state index in [9.17, 15) is 0 Å². The van der Waals surface area contributed by atoms with E-state index < -0.39 is 8.07 Å². The summed E-state index contributed by atoms with van der Waals surface area (Å²) in [6, 6.07) is 11.1. The normalized spacial score (nSPS) is 33.3. The van der Waals surface area contributed by atoms with Gasteiger partial charge in [0.2, 0.25) is 0 Å². The first-order valence-electron chi connectivity index (χ1n) is 9.18. The standard InChI is InChI=1S/C20H32O2Si/c1-13(2)21-18-16-12-17(16)20(19(18)22-14(3)4)23(5,6)15-10-8-7-9-11-15/h7-11,13-14,16-20H,12H2,1-6H3/t16-,17+,18-,19-,20-/m1/s1. The topological polar surface area (TPSA) is 18.5 Å². The molecule has 5 atom stereocenters. The van der Waals surface area contributed by atoms with Crippen LogP contribution in [0.3, 0.4) is 0 Å². The van der Waals surface area contributed by atoms with Crippen molar-refractivity contribution in [3.8, 4) is 0 Å². The van der Waals surface area contributed by atoms with E-state index in [-0.39, 0.29) is 18.3 Å². The molecule has 2 saturated carbocycles. The molecule has 0 amide bonds. The van der Waals surface area contributed by atoms with E-state index in [4.69, 9.17) is 9.47 Å². The molecule has 0 spiro atoms. The smallest absolute Gasteiger partial charge is 0.0871 e. The Morgan fingerprint density at radius 3 is 2.00 bits per heavy atom. The van der Waals surface area contributed by atoms with E-state index in [1.54, 1.807) is 5.19 Å². The molecule has 0 heterocycles. The molecule has 0 saturated heterocycles. The van der Waals surface area contributed by atoms with Crippen LogP contribution in [0.5, 0.6) is 0 Å². The highest BCUT2D eigenvalue weighted by molar-refractivity contribution is 6.91. The van der Waals surface area contributed by atoms with Gasteiger partial charge in [0.1, 0.15) is 0 Å². The summed E-state index contributed by atoms with van der Waals surface area (Å²) in [4.78, 5) is 0. The Morgan fingerprint density at radius 1 is 0.870 bits per heavy atom. The molecule has 23 heavy (non-hydrogen) atoms. The maximum atomic E-state index is 6.46. The van der Waals surface area contributed by atoms with Crippen molar-refractivity contribution in [2.24, 2.45) is 11.8 Å². The SMILES string of the molecule is CC(C)O[C@@H]1[C@@H]2C[C@@H]2[C@@H]([Si](C)(C)c2ccccc2)[C@@H]1OC(C)C. The molecular formula is C20H32O2Si. The van der Waals surface area contributed by atoms with Gasteiger partial charge < -0.3 is 9.47 Å². The zero-order valence-electron chi connectivity index (χ0n) is 15.5. The van der Waals surface area contributed by atoms with Crippen LogP contribution in [0.4, 0.5) is 0 Å². The van der Waals surface area contributed by atoms with Gasteiger partial charge in [-0.25, -0.2) is 0 Å². The van der Waals surface area contributed by atoms with Crippen LogP contribution in [0.15, 0.2) is 30.3 Å². The molecule has 2 aliphatic rings. The quantitative estimate of drug-likeness (QED) is 0.727. The number of rotatable bonds is 6. The Bertz CT molecular complexity index is 526. The molecule has 0 radical (unpaired) electrons. The number of fused-ring (bicyclic) bond motifs is 1. The second-order valence-electron chi connectivity index (χ2n) is 8.48. The van der Waals surface area contributed by atoms with Crippen molar-refractivity contribution in [2.45, 2.75) is 77.2 Å². The van der Waals surface area contributed by atoms with E-state index in [0.29, 0.717) is 11.6 Å². The largest absolute Gasteiger partial charge is 0.373 e. The zero-order chi connectivity index (χ0) is 16.8. The average molecular weight is 333 g/mol.